The van der Waals surface area contributed by atoms with Crippen LogP contribution in [0.15, 0.2) is 18.3 Å². The standard InChI is InChI=1S/C14H14N4O2/c15-8-11-10(4-3-7-16-11)9-18-13(20)17-12(19)14(18)5-1-2-6-14/h3-4,7H,1-2,5-6,9H2,(H,17,19,20). The molecular weight excluding hydrogens is 256 g/mol. The van der Waals surface area contributed by atoms with Gasteiger partial charge in [-0.25, -0.2) is 9.78 Å². The predicted octanol–water partition coefficient (Wildman–Crippen LogP) is 1.32. The van der Waals surface area contributed by atoms with Gasteiger partial charge < -0.3 is 4.90 Å². The van der Waals surface area contributed by atoms with Gasteiger partial charge in [0.2, 0.25) is 0 Å². The summed E-state index contributed by atoms with van der Waals surface area (Å²) >= 11 is 0. The van der Waals surface area contributed by atoms with Crippen molar-refractivity contribution < 1.29 is 9.59 Å². The van der Waals surface area contributed by atoms with Crippen molar-refractivity contribution in [3.8, 4) is 6.07 Å². The lowest BCUT2D eigenvalue weighted by atomic mass is 9.95. The molecule has 1 aliphatic heterocycles. The van der Waals surface area contributed by atoms with E-state index in [0.717, 1.165) is 12.8 Å². The third-order valence-electron chi connectivity index (χ3n) is 4.16. The topological polar surface area (TPSA) is 86.1 Å². The molecule has 1 saturated carbocycles. The molecule has 6 nitrogen and oxygen atoms in total. The molecule has 0 radical (unpaired) electrons. The van der Waals surface area contributed by atoms with E-state index in [1.807, 2.05) is 6.07 Å². The van der Waals surface area contributed by atoms with Crippen molar-refractivity contribution in [2.45, 2.75) is 37.8 Å². The van der Waals surface area contributed by atoms with Crippen LogP contribution in [0.1, 0.15) is 36.9 Å². The highest BCUT2D eigenvalue weighted by atomic mass is 16.2. The second-order valence-electron chi connectivity index (χ2n) is 5.21. The van der Waals surface area contributed by atoms with Crippen LogP contribution in [0.4, 0.5) is 4.79 Å². The van der Waals surface area contributed by atoms with Gasteiger partial charge in [0.15, 0.2) is 0 Å². The van der Waals surface area contributed by atoms with Gasteiger partial charge in [-0.2, -0.15) is 5.26 Å². The number of rotatable bonds is 2. The fourth-order valence-corrected chi connectivity index (χ4v) is 3.12. The van der Waals surface area contributed by atoms with Gasteiger partial charge in [-0.05, 0) is 18.9 Å². The molecule has 1 spiro atoms. The lowest BCUT2D eigenvalue weighted by Gasteiger charge is -2.31. The molecule has 1 N–H and O–H groups in total. The minimum atomic E-state index is -0.723. The van der Waals surface area contributed by atoms with Crippen molar-refractivity contribution in [1.29, 1.82) is 5.26 Å². The fourth-order valence-electron chi connectivity index (χ4n) is 3.12. The van der Waals surface area contributed by atoms with Crippen molar-refractivity contribution in [2.75, 3.05) is 0 Å². The Balaban J connectivity index is 1.95. The number of aromatic nitrogens is 1. The van der Waals surface area contributed by atoms with Crippen LogP contribution < -0.4 is 5.32 Å². The van der Waals surface area contributed by atoms with E-state index >= 15 is 0 Å². The monoisotopic (exact) mass is 270 g/mol. The highest BCUT2D eigenvalue weighted by Gasteiger charge is 2.54. The van der Waals surface area contributed by atoms with E-state index in [-0.39, 0.29) is 18.5 Å². The summed E-state index contributed by atoms with van der Waals surface area (Å²) in [5.41, 5.74) is 0.249. The number of imide groups is 1. The number of nitriles is 1. The van der Waals surface area contributed by atoms with Gasteiger partial charge in [-0.15, -0.1) is 0 Å². The van der Waals surface area contributed by atoms with Gasteiger partial charge in [0.25, 0.3) is 5.91 Å². The molecule has 2 aliphatic rings. The Bertz CT molecular complexity index is 614. The number of amides is 3. The molecule has 2 fully saturated rings. The van der Waals surface area contributed by atoms with Crippen LogP contribution in [0.3, 0.4) is 0 Å². The summed E-state index contributed by atoms with van der Waals surface area (Å²) in [6.45, 7) is 0.244. The molecule has 6 heteroatoms. The summed E-state index contributed by atoms with van der Waals surface area (Å²) < 4.78 is 0. The van der Waals surface area contributed by atoms with Crippen molar-refractivity contribution in [1.82, 2.24) is 15.2 Å². The van der Waals surface area contributed by atoms with Crippen LogP contribution in [0.2, 0.25) is 0 Å². The highest BCUT2D eigenvalue weighted by molar-refractivity contribution is 6.07. The quantitative estimate of drug-likeness (QED) is 0.821. The summed E-state index contributed by atoms with van der Waals surface area (Å²) in [6, 6.07) is 5.15. The van der Waals surface area contributed by atoms with Gasteiger partial charge in [0, 0.05) is 11.8 Å². The molecule has 1 saturated heterocycles. The van der Waals surface area contributed by atoms with Crippen LogP contribution in [-0.2, 0) is 11.3 Å². The molecule has 1 aliphatic carbocycles. The molecule has 102 valence electrons. The Morgan fingerprint density at radius 3 is 2.85 bits per heavy atom. The lowest BCUT2D eigenvalue weighted by molar-refractivity contribution is -0.126. The smallest absolute Gasteiger partial charge is 0.305 e. The molecule has 0 unspecified atom stereocenters. The van der Waals surface area contributed by atoms with Gasteiger partial charge in [-0.1, -0.05) is 18.9 Å². The number of carbonyl (C=O) groups excluding carboxylic acids is 2. The molecule has 0 atom stereocenters. The summed E-state index contributed by atoms with van der Waals surface area (Å²) in [7, 11) is 0. The zero-order chi connectivity index (χ0) is 14.2. The summed E-state index contributed by atoms with van der Waals surface area (Å²) in [5, 5.41) is 11.5. The third-order valence-corrected chi connectivity index (χ3v) is 4.16. The van der Waals surface area contributed by atoms with Crippen molar-refractivity contribution in [3.05, 3.63) is 29.6 Å². The Morgan fingerprint density at radius 2 is 2.15 bits per heavy atom. The Labute approximate surface area is 116 Å². The number of hydrogen-bond donors (Lipinski definition) is 1. The maximum Gasteiger partial charge on any atom is 0.325 e. The van der Waals surface area contributed by atoms with Crippen LogP contribution in [0.5, 0.6) is 0 Å². The zero-order valence-electron chi connectivity index (χ0n) is 10.9. The largest absolute Gasteiger partial charge is 0.325 e. The number of hydrogen-bond acceptors (Lipinski definition) is 4. The maximum atomic E-state index is 12.1. The van der Waals surface area contributed by atoms with Crippen molar-refractivity contribution >= 4 is 11.9 Å². The van der Waals surface area contributed by atoms with Crippen LogP contribution >= 0.6 is 0 Å². The number of carbonyl (C=O) groups is 2. The third kappa shape index (κ3) is 1.74. The predicted molar refractivity (Wildman–Crippen MR) is 69.2 cm³/mol. The molecule has 3 rings (SSSR count). The molecule has 1 aromatic rings. The SMILES string of the molecule is N#Cc1ncccc1CN1C(=O)NC(=O)C12CCCC2. The number of nitrogens with zero attached hydrogens (tertiary/aromatic N) is 3. The first-order valence-electron chi connectivity index (χ1n) is 6.64. The average Bonchev–Trinajstić information content (AvgIpc) is 3.02. The minimum Gasteiger partial charge on any atom is -0.305 e. The molecule has 2 heterocycles. The maximum absolute atomic E-state index is 12.1. The van der Waals surface area contributed by atoms with E-state index in [9.17, 15) is 9.59 Å². The molecule has 3 amide bonds. The summed E-state index contributed by atoms with van der Waals surface area (Å²) in [5.74, 6) is -0.206. The van der Waals surface area contributed by atoms with Gasteiger partial charge >= 0.3 is 6.03 Å². The number of pyridine rings is 1. The van der Waals surface area contributed by atoms with Gasteiger partial charge in [0.1, 0.15) is 17.3 Å². The normalized spacial score (nSPS) is 20.2. The highest BCUT2D eigenvalue weighted by Crippen LogP contribution is 2.39. The van der Waals surface area contributed by atoms with E-state index in [4.69, 9.17) is 5.26 Å². The van der Waals surface area contributed by atoms with E-state index in [2.05, 4.69) is 10.3 Å². The van der Waals surface area contributed by atoms with E-state index in [0.29, 0.717) is 24.1 Å². The van der Waals surface area contributed by atoms with Crippen molar-refractivity contribution in [3.63, 3.8) is 0 Å². The first-order chi connectivity index (χ1) is 9.67. The van der Waals surface area contributed by atoms with Crippen LogP contribution in [0, 0.1) is 11.3 Å². The first kappa shape index (κ1) is 12.6. The average molecular weight is 270 g/mol. The molecular formula is C14H14N4O2. The Hall–Kier alpha value is -2.42. The summed E-state index contributed by atoms with van der Waals surface area (Å²) in [4.78, 5) is 29.7. The number of nitrogens with one attached hydrogen (secondary N) is 1. The molecule has 1 aromatic heterocycles. The molecule has 0 bridgehead atoms. The van der Waals surface area contributed by atoms with Gasteiger partial charge in [0.05, 0.1) is 6.54 Å². The van der Waals surface area contributed by atoms with E-state index in [1.54, 1.807) is 23.2 Å². The fraction of sp³-hybridized carbons (Fsp3) is 0.429. The van der Waals surface area contributed by atoms with E-state index < -0.39 is 5.54 Å². The second-order valence-corrected chi connectivity index (χ2v) is 5.21. The first-order valence-corrected chi connectivity index (χ1v) is 6.64. The van der Waals surface area contributed by atoms with Crippen LogP contribution in [0.25, 0.3) is 0 Å². The molecule has 0 aromatic carbocycles. The van der Waals surface area contributed by atoms with Crippen LogP contribution in [-0.4, -0.2) is 27.4 Å². The Kier molecular flexibility index (Phi) is 2.90. The zero-order valence-corrected chi connectivity index (χ0v) is 10.9. The lowest BCUT2D eigenvalue weighted by Crippen LogP contribution is -2.46. The van der Waals surface area contributed by atoms with Gasteiger partial charge in [-0.3, -0.25) is 10.1 Å². The Morgan fingerprint density at radius 1 is 1.40 bits per heavy atom. The van der Waals surface area contributed by atoms with E-state index in [1.165, 1.54) is 0 Å². The second kappa shape index (κ2) is 4.60. The molecule has 20 heavy (non-hydrogen) atoms. The minimum absolute atomic E-state index is 0.206. The number of urea groups is 1. The van der Waals surface area contributed by atoms with Crippen molar-refractivity contribution in [2.24, 2.45) is 0 Å². The summed E-state index contributed by atoms with van der Waals surface area (Å²) in [6.07, 6.45) is 4.80.